The molecule has 0 bridgehead atoms. The number of piperidine rings is 1. The summed E-state index contributed by atoms with van der Waals surface area (Å²) >= 11 is 0. The number of methoxy groups -OCH3 is 1. The molecule has 2 aliphatic rings. The Balaban J connectivity index is 1.75. The highest BCUT2D eigenvalue weighted by Gasteiger charge is 2.24. The third-order valence-corrected chi connectivity index (χ3v) is 6.39. The summed E-state index contributed by atoms with van der Waals surface area (Å²) in [6.07, 6.45) is 4.72. The van der Waals surface area contributed by atoms with Crippen molar-refractivity contribution in [2.45, 2.75) is 45.1 Å². The van der Waals surface area contributed by atoms with Crippen LogP contribution in [0.3, 0.4) is 0 Å². The summed E-state index contributed by atoms with van der Waals surface area (Å²) in [4.78, 5) is 17.6. The molecule has 0 atom stereocenters. The summed E-state index contributed by atoms with van der Waals surface area (Å²) < 4.78 is 31.5. The fraction of sp³-hybridized carbons (Fsp3) is 0.882. The van der Waals surface area contributed by atoms with Gasteiger partial charge in [0.05, 0.1) is 19.4 Å². The third-order valence-electron chi connectivity index (χ3n) is 5.06. The lowest BCUT2D eigenvalue weighted by Gasteiger charge is -2.32. The highest BCUT2D eigenvalue weighted by Crippen LogP contribution is 2.25. The molecule has 10 heteroatoms. The molecule has 2 rings (SSSR count). The number of hydrogen-bond acceptors (Lipinski definition) is 5. The first-order valence-electron chi connectivity index (χ1n) is 9.78. The number of amides is 1. The molecule has 0 aromatic rings. The van der Waals surface area contributed by atoms with Crippen molar-refractivity contribution in [2.75, 3.05) is 45.6 Å². The van der Waals surface area contributed by atoms with Gasteiger partial charge in [-0.15, -0.1) is 0 Å². The number of nitrogens with zero attached hydrogens (tertiary/aromatic N) is 2. The van der Waals surface area contributed by atoms with Crippen LogP contribution in [0.15, 0.2) is 4.99 Å². The molecule has 1 saturated carbocycles. The molecule has 1 aliphatic carbocycles. The lowest BCUT2D eigenvalue weighted by Crippen LogP contribution is -2.49. The van der Waals surface area contributed by atoms with Gasteiger partial charge in [0.2, 0.25) is 10.0 Å². The predicted octanol–water partition coefficient (Wildman–Crippen LogP) is 0.492. The fourth-order valence-corrected chi connectivity index (χ4v) is 4.11. The van der Waals surface area contributed by atoms with Gasteiger partial charge in [0.15, 0.2) is 5.96 Å². The molecule has 0 radical (unpaired) electrons. The molecule has 3 N–H and O–H groups in total. The molecular weight excluding hydrogens is 370 g/mol. The molecule has 9 nitrogen and oxygen atoms in total. The number of rotatable bonds is 8. The zero-order valence-corrected chi connectivity index (χ0v) is 17.2. The van der Waals surface area contributed by atoms with E-state index < -0.39 is 10.0 Å². The van der Waals surface area contributed by atoms with Crippen molar-refractivity contribution in [2.24, 2.45) is 10.9 Å². The number of hydrogen-bond donors (Lipinski definition) is 3. The van der Waals surface area contributed by atoms with Gasteiger partial charge in [0.25, 0.3) is 0 Å². The Labute approximate surface area is 162 Å². The van der Waals surface area contributed by atoms with Gasteiger partial charge in [-0.25, -0.2) is 17.9 Å². The lowest BCUT2D eigenvalue weighted by molar-refractivity contribution is 0.111. The van der Waals surface area contributed by atoms with E-state index in [9.17, 15) is 13.2 Å². The van der Waals surface area contributed by atoms with Crippen LogP contribution in [0.25, 0.3) is 0 Å². The maximum absolute atomic E-state index is 12.1. The SMILES string of the molecule is CCNC(=NCCS(=O)(=O)NCC1CCC1)NC1CCN(C(=O)OC)CC1. The summed E-state index contributed by atoms with van der Waals surface area (Å²) in [6, 6.07) is 0.192. The molecule has 1 saturated heterocycles. The molecule has 2 fully saturated rings. The highest BCUT2D eigenvalue weighted by atomic mass is 32.2. The van der Waals surface area contributed by atoms with E-state index in [1.807, 2.05) is 6.92 Å². The van der Waals surface area contributed by atoms with Crippen LogP contribution in [0.2, 0.25) is 0 Å². The quantitative estimate of drug-likeness (QED) is 0.402. The summed E-state index contributed by atoms with van der Waals surface area (Å²) in [5.74, 6) is 1.10. The largest absolute Gasteiger partial charge is 0.453 e. The van der Waals surface area contributed by atoms with Gasteiger partial charge in [0, 0.05) is 32.2 Å². The lowest BCUT2D eigenvalue weighted by atomic mass is 9.86. The van der Waals surface area contributed by atoms with Crippen LogP contribution in [0.1, 0.15) is 39.0 Å². The van der Waals surface area contributed by atoms with E-state index in [2.05, 4.69) is 20.3 Å². The second kappa shape index (κ2) is 10.7. The Hall–Kier alpha value is -1.55. The summed E-state index contributed by atoms with van der Waals surface area (Å²) in [5, 5.41) is 6.48. The van der Waals surface area contributed by atoms with Gasteiger partial charge in [-0.1, -0.05) is 6.42 Å². The van der Waals surface area contributed by atoms with E-state index in [-0.39, 0.29) is 24.4 Å². The molecule has 156 valence electrons. The number of ether oxygens (including phenoxy) is 1. The van der Waals surface area contributed by atoms with E-state index in [0.717, 1.165) is 25.7 Å². The second-order valence-corrected chi connectivity index (χ2v) is 9.03. The monoisotopic (exact) mass is 403 g/mol. The number of sulfonamides is 1. The van der Waals surface area contributed by atoms with Crippen molar-refractivity contribution in [3.63, 3.8) is 0 Å². The van der Waals surface area contributed by atoms with Gasteiger partial charge < -0.3 is 20.3 Å². The van der Waals surface area contributed by atoms with E-state index in [4.69, 9.17) is 4.74 Å². The number of guanidine groups is 1. The van der Waals surface area contributed by atoms with Gasteiger partial charge in [-0.3, -0.25) is 4.99 Å². The first-order valence-corrected chi connectivity index (χ1v) is 11.4. The summed E-state index contributed by atoms with van der Waals surface area (Å²) in [5.41, 5.74) is 0. The minimum atomic E-state index is -3.29. The third kappa shape index (κ3) is 7.53. The van der Waals surface area contributed by atoms with Crippen molar-refractivity contribution in [3.05, 3.63) is 0 Å². The van der Waals surface area contributed by atoms with Crippen molar-refractivity contribution >= 4 is 22.1 Å². The standard InChI is InChI=1S/C17H33N5O4S/c1-3-18-16(21-15-7-10-22(11-8-15)17(23)26-2)19-9-12-27(24,25)20-13-14-5-4-6-14/h14-15,20H,3-13H2,1-2H3,(H2,18,19,21). The van der Waals surface area contributed by atoms with Crippen LogP contribution in [-0.4, -0.2) is 77.0 Å². The zero-order valence-electron chi connectivity index (χ0n) is 16.4. The molecule has 1 amide bonds. The number of likely N-dealkylation sites (tertiary alicyclic amines) is 1. The summed E-state index contributed by atoms with van der Waals surface area (Å²) in [6.45, 7) is 4.67. The average Bonchev–Trinajstić information content (AvgIpc) is 2.60. The molecule has 27 heavy (non-hydrogen) atoms. The van der Waals surface area contributed by atoms with Crippen LogP contribution in [-0.2, 0) is 14.8 Å². The van der Waals surface area contributed by atoms with Gasteiger partial charge >= 0.3 is 6.09 Å². The molecule has 0 aromatic carbocycles. The molecule has 1 aliphatic heterocycles. The van der Waals surface area contributed by atoms with Crippen LogP contribution in [0.4, 0.5) is 4.79 Å². The Kier molecular flexibility index (Phi) is 8.62. The second-order valence-electron chi connectivity index (χ2n) is 7.10. The average molecular weight is 404 g/mol. The number of aliphatic imine (C=N–C) groups is 1. The van der Waals surface area contributed by atoms with Crippen molar-refractivity contribution in [1.29, 1.82) is 0 Å². The van der Waals surface area contributed by atoms with E-state index in [1.54, 1.807) is 4.90 Å². The Morgan fingerprint density at radius 3 is 2.48 bits per heavy atom. The van der Waals surface area contributed by atoms with Crippen LogP contribution >= 0.6 is 0 Å². The van der Waals surface area contributed by atoms with E-state index in [1.165, 1.54) is 13.5 Å². The number of carbonyl (C=O) groups excluding carboxylic acids is 1. The maximum Gasteiger partial charge on any atom is 0.409 e. The number of nitrogens with one attached hydrogen (secondary N) is 3. The first kappa shape index (κ1) is 21.7. The van der Waals surface area contributed by atoms with Gasteiger partial charge in [-0.2, -0.15) is 0 Å². The van der Waals surface area contributed by atoms with Crippen LogP contribution in [0, 0.1) is 5.92 Å². The predicted molar refractivity (Wildman–Crippen MR) is 105 cm³/mol. The van der Waals surface area contributed by atoms with Crippen LogP contribution < -0.4 is 15.4 Å². The Morgan fingerprint density at radius 1 is 1.22 bits per heavy atom. The van der Waals surface area contributed by atoms with Crippen molar-refractivity contribution in [1.82, 2.24) is 20.3 Å². The minimum absolute atomic E-state index is 0.0168. The smallest absolute Gasteiger partial charge is 0.409 e. The van der Waals surface area contributed by atoms with Crippen molar-refractivity contribution < 1.29 is 17.9 Å². The molecule has 1 heterocycles. The maximum atomic E-state index is 12.1. The van der Waals surface area contributed by atoms with E-state index in [0.29, 0.717) is 38.1 Å². The van der Waals surface area contributed by atoms with E-state index >= 15 is 0 Å². The number of carbonyl (C=O) groups is 1. The first-order chi connectivity index (χ1) is 12.9. The summed E-state index contributed by atoms with van der Waals surface area (Å²) in [7, 11) is -1.90. The van der Waals surface area contributed by atoms with Gasteiger partial charge in [-0.05, 0) is 38.5 Å². The van der Waals surface area contributed by atoms with Gasteiger partial charge in [0.1, 0.15) is 0 Å². The van der Waals surface area contributed by atoms with Crippen LogP contribution in [0.5, 0.6) is 0 Å². The normalized spacial score (nSPS) is 19.5. The minimum Gasteiger partial charge on any atom is -0.453 e. The Bertz CT molecular complexity index is 598. The van der Waals surface area contributed by atoms with Crippen molar-refractivity contribution in [3.8, 4) is 0 Å². The Morgan fingerprint density at radius 2 is 1.93 bits per heavy atom. The molecular formula is C17H33N5O4S. The highest BCUT2D eigenvalue weighted by molar-refractivity contribution is 7.89. The fourth-order valence-electron chi connectivity index (χ4n) is 3.14. The molecule has 0 spiro atoms. The topological polar surface area (TPSA) is 112 Å². The molecule has 0 unspecified atom stereocenters. The zero-order chi connectivity index (χ0) is 19.7. The molecule has 0 aromatic heterocycles.